The van der Waals surface area contributed by atoms with Crippen LogP contribution < -0.4 is 11.5 Å². The molecular weight excluding hydrogens is 194 g/mol. The first-order chi connectivity index (χ1) is 7.00. The van der Waals surface area contributed by atoms with E-state index in [0.29, 0.717) is 6.42 Å². The van der Waals surface area contributed by atoms with Crippen LogP contribution in [-0.2, 0) is 6.42 Å². The quantitative estimate of drug-likeness (QED) is 0.566. The van der Waals surface area contributed by atoms with Gasteiger partial charge in [0.05, 0.1) is 4.92 Å². The van der Waals surface area contributed by atoms with E-state index in [0.717, 1.165) is 5.56 Å². The van der Waals surface area contributed by atoms with E-state index < -0.39 is 4.92 Å². The molecule has 0 aliphatic carbocycles. The molecule has 0 saturated carbocycles. The van der Waals surface area contributed by atoms with Crippen molar-refractivity contribution in [2.75, 3.05) is 0 Å². The fourth-order valence-electron chi connectivity index (χ4n) is 1.21. The molecule has 0 heterocycles. The maximum Gasteiger partial charge on any atom is 0.269 e. The van der Waals surface area contributed by atoms with Crippen LogP contribution in [0.5, 0.6) is 0 Å². The predicted molar refractivity (Wildman–Crippen MR) is 58.4 cm³/mol. The van der Waals surface area contributed by atoms with Crippen molar-refractivity contribution in [3.8, 4) is 0 Å². The van der Waals surface area contributed by atoms with Gasteiger partial charge in [-0.2, -0.15) is 0 Å². The molecule has 5 nitrogen and oxygen atoms in total. The third-order valence-electron chi connectivity index (χ3n) is 2.29. The number of benzene rings is 1. The Balaban J connectivity index is 2.68. The highest BCUT2D eigenvalue weighted by Crippen LogP contribution is 2.13. The topological polar surface area (TPSA) is 95.2 Å². The van der Waals surface area contributed by atoms with Crippen LogP contribution in [0.1, 0.15) is 12.5 Å². The van der Waals surface area contributed by atoms with E-state index in [9.17, 15) is 10.1 Å². The van der Waals surface area contributed by atoms with Crippen molar-refractivity contribution in [3.05, 3.63) is 39.9 Å². The molecule has 0 radical (unpaired) electrons. The van der Waals surface area contributed by atoms with Crippen molar-refractivity contribution in [2.45, 2.75) is 25.4 Å². The number of hydrogen-bond donors (Lipinski definition) is 2. The van der Waals surface area contributed by atoms with Gasteiger partial charge in [-0.3, -0.25) is 10.1 Å². The number of nitro groups is 1. The van der Waals surface area contributed by atoms with Gasteiger partial charge in [-0.05, 0) is 18.9 Å². The zero-order chi connectivity index (χ0) is 11.4. The number of hydrogen-bond acceptors (Lipinski definition) is 4. The lowest BCUT2D eigenvalue weighted by Crippen LogP contribution is -2.40. The van der Waals surface area contributed by atoms with E-state index >= 15 is 0 Å². The molecule has 0 aliphatic rings. The van der Waals surface area contributed by atoms with Crippen molar-refractivity contribution < 1.29 is 4.92 Å². The molecule has 1 rings (SSSR count). The number of nitrogens with zero attached hydrogens (tertiary/aromatic N) is 1. The van der Waals surface area contributed by atoms with Crippen LogP contribution in [0, 0.1) is 10.1 Å². The first-order valence-corrected chi connectivity index (χ1v) is 4.75. The minimum atomic E-state index is -0.421. The number of non-ortho nitro benzene ring substituents is 1. The highest BCUT2D eigenvalue weighted by molar-refractivity contribution is 5.33. The average molecular weight is 209 g/mol. The van der Waals surface area contributed by atoms with Crippen LogP contribution in [0.4, 0.5) is 5.69 Å². The van der Waals surface area contributed by atoms with E-state index in [1.165, 1.54) is 12.1 Å². The van der Waals surface area contributed by atoms with Gasteiger partial charge in [0, 0.05) is 24.2 Å². The summed E-state index contributed by atoms with van der Waals surface area (Å²) >= 11 is 0. The summed E-state index contributed by atoms with van der Waals surface area (Å²) < 4.78 is 0. The Bertz CT molecular complexity index is 335. The summed E-state index contributed by atoms with van der Waals surface area (Å²) in [4.78, 5) is 9.98. The van der Waals surface area contributed by atoms with Gasteiger partial charge >= 0.3 is 0 Å². The highest BCUT2D eigenvalue weighted by atomic mass is 16.6. The Morgan fingerprint density at radius 1 is 1.33 bits per heavy atom. The molecule has 15 heavy (non-hydrogen) atoms. The largest absolute Gasteiger partial charge is 0.327 e. The van der Waals surface area contributed by atoms with Crippen molar-refractivity contribution in [2.24, 2.45) is 11.5 Å². The minimum absolute atomic E-state index is 0.0832. The van der Waals surface area contributed by atoms with Crippen LogP contribution in [-0.4, -0.2) is 17.0 Å². The van der Waals surface area contributed by atoms with Crippen LogP contribution in [0.3, 0.4) is 0 Å². The van der Waals surface area contributed by atoms with Crippen LogP contribution >= 0.6 is 0 Å². The molecule has 4 N–H and O–H groups in total. The standard InChI is InChI=1S/C10H15N3O2/c1-7(11)10(12)6-8-2-4-9(5-3-8)13(14)15/h2-5,7,10H,6,11-12H2,1H3. The molecule has 0 bridgehead atoms. The summed E-state index contributed by atoms with van der Waals surface area (Å²) in [6.07, 6.45) is 0.635. The smallest absolute Gasteiger partial charge is 0.269 e. The van der Waals surface area contributed by atoms with Gasteiger partial charge in [0.2, 0.25) is 0 Å². The summed E-state index contributed by atoms with van der Waals surface area (Å²) in [6.45, 7) is 1.84. The Labute approximate surface area is 88.2 Å². The number of rotatable bonds is 4. The van der Waals surface area contributed by atoms with Crippen molar-refractivity contribution in [3.63, 3.8) is 0 Å². The second kappa shape index (κ2) is 4.86. The summed E-state index contributed by atoms with van der Waals surface area (Å²) in [5.74, 6) is 0. The molecule has 0 saturated heterocycles. The van der Waals surface area contributed by atoms with Gasteiger partial charge < -0.3 is 11.5 Å². The first kappa shape index (κ1) is 11.6. The van der Waals surface area contributed by atoms with Crippen molar-refractivity contribution in [1.82, 2.24) is 0 Å². The van der Waals surface area contributed by atoms with Gasteiger partial charge in [0.25, 0.3) is 5.69 Å². The predicted octanol–water partition coefficient (Wildman–Crippen LogP) is 0.812. The lowest BCUT2D eigenvalue weighted by molar-refractivity contribution is -0.384. The van der Waals surface area contributed by atoms with Crippen LogP contribution in [0.2, 0.25) is 0 Å². The van der Waals surface area contributed by atoms with Crippen molar-refractivity contribution >= 4 is 5.69 Å². The molecule has 5 heteroatoms. The van der Waals surface area contributed by atoms with Gasteiger partial charge in [0.1, 0.15) is 0 Å². The molecule has 82 valence electrons. The van der Waals surface area contributed by atoms with E-state index in [4.69, 9.17) is 11.5 Å². The molecule has 2 unspecified atom stereocenters. The Kier molecular flexibility index (Phi) is 3.76. The summed E-state index contributed by atoms with van der Waals surface area (Å²) in [5, 5.41) is 10.4. The molecule has 0 spiro atoms. The summed E-state index contributed by atoms with van der Waals surface area (Å²) in [5.41, 5.74) is 12.5. The minimum Gasteiger partial charge on any atom is -0.327 e. The van der Waals surface area contributed by atoms with E-state index in [2.05, 4.69) is 0 Å². The second-order valence-electron chi connectivity index (χ2n) is 3.65. The average Bonchev–Trinajstić information content (AvgIpc) is 2.18. The second-order valence-corrected chi connectivity index (χ2v) is 3.65. The molecule has 0 aliphatic heterocycles. The SMILES string of the molecule is CC(N)C(N)Cc1ccc([N+](=O)[O-])cc1. The number of nitrogens with two attached hydrogens (primary N) is 2. The normalized spacial score (nSPS) is 14.6. The Morgan fingerprint density at radius 3 is 2.27 bits per heavy atom. The molecule has 0 amide bonds. The van der Waals surface area contributed by atoms with Gasteiger partial charge in [0.15, 0.2) is 0 Å². The zero-order valence-electron chi connectivity index (χ0n) is 8.59. The molecule has 1 aromatic rings. The van der Waals surface area contributed by atoms with Crippen LogP contribution in [0.25, 0.3) is 0 Å². The summed E-state index contributed by atoms with van der Waals surface area (Å²) in [7, 11) is 0. The maximum absolute atomic E-state index is 10.4. The molecular formula is C10H15N3O2. The van der Waals surface area contributed by atoms with E-state index in [1.54, 1.807) is 12.1 Å². The van der Waals surface area contributed by atoms with Gasteiger partial charge in [-0.1, -0.05) is 12.1 Å². The maximum atomic E-state index is 10.4. The molecule has 1 aromatic carbocycles. The van der Waals surface area contributed by atoms with Gasteiger partial charge in [-0.25, -0.2) is 0 Å². The van der Waals surface area contributed by atoms with Crippen LogP contribution in [0.15, 0.2) is 24.3 Å². The fourth-order valence-corrected chi connectivity index (χ4v) is 1.21. The molecule has 0 fully saturated rings. The number of nitro benzene ring substituents is 1. The molecule has 2 atom stereocenters. The summed E-state index contributed by atoms with van der Waals surface area (Å²) in [6, 6.07) is 6.17. The monoisotopic (exact) mass is 209 g/mol. The zero-order valence-corrected chi connectivity index (χ0v) is 8.59. The lowest BCUT2D eigenvalue weighted by Gasteiger charge is -2.15. The molecule has 0 aromatic heterocycles. The first-order valence-electron chi connectivity index (χ1n) is 4.75. The van der Waals surface area contributed by atoms with E-state index in [-0.39, 0.29) is 17.8 Å². The fraction of sp³-hybridized carbons (Fsp3) is 0.400. The third kappa shape index (κ3) is 3.30. The van der Waals surface area contributed by atoms with E-state index in [1.807, 2.05) is 6.92 Å². The van der Waals surface area contributed by atoms with Gasteiger partial charge in [-0.15, -0.1) is 0 Å². The highest BCUT2D eigenvalue weighted by Gasteiger charge is 2.10. The third-order valence-corrected chi connectivity index (χ3v) is 2.29. The lowest BCUT2D eigenvalue weighted by atomic mass is 10.0. The Morgan fingerprint density at radius 2 is 1.87 bits per heavy atom. The van der Waals surface area contributed by atoms with Crippen molar-refractivity contribution in [1.29, 1.82) is 0 Å². The Hall–Kier alpha value is -1.46.